The molecular weight excluding hydrogens is 244 g/mol. The fraction of sp³-hybridized carbons (Fsp3) is 0.857. The van der Waals surface area contributed by atoms with Gasteiger partial charge in [-0.2, -0.15) is 0 Å². The van der Waals surface area contributed by atoms with Crippen molar-refractivity contribution in [1.82, 2.24) is 10.2 Å². The van der Waals surface area contributed by atoms with Gasteiger partial charge in [-0.3, -0.25) is 9.59 Å². The molecule has 2 atom stereocenters. The van der Waals surface area contributed by atoms with Gasteiger partial charge in [0.15, 0.2) is 0 Å². The number of amides is 1. The Balaban J connectivity index is 1.99. The van der Waals surface area contributed by atoms with Gasteiger partial charge in [-0.15, -0.1) is 0 Å². The summed E-state index contributed by atoms with van der Waals surface area (Å²) in [5.41, 5.74) is 0. The number of carbonyl (C=O) groups excluding carboxylic acids is 1. The molecule has 0 bridgehead atoms. The van der Waals surface area contributed by atoms with E-state index < -0.39 is 5.97 Å². The molecule has 5 heteroatoms. The lowest BCUT2D eigenvalue weighted by Crippen LogP contribution is -2.62. The van der Waals surface area contributed by atoms with Crippen LogP contribution in [-0.4, -0.2) is 46.6 Å². The molecule has 0 aromatic rings. The van der Waals surface area contributed by atoms with E-state index in [0.717, 1.165) is 19.4 Å². The Bertz CT molecular complexity index is 340. The highest BCUT2D eigenvalue weighted by atomic mass is 16.4. The number of piperazine rings is 1. The van der Waals surface area contributed by atoms with E-state index in [2.05, 4.69) is 12.2 Å². The molecule has 1 aliphatic heterocycles. The van der Waals surface area contributed by atoms with Crippen LogP contribution in [0.5, 0.6) is 0 Å². The lowest BCUT2D eigenvalue weighted by Gasteiger charge is -2.44. The van der Waals surface area contributed by atoms with E-state index in [1.54, 1.807) is 0 Å². The molecule has 1 heterocycles. The molecule has 0 aromatic carbocycles. The van der Waals surface area contributed by atoms with Crippen molar-refractivity contribution in [3.05, 3.63) is 0 Å². The first kappa shape index (κ1) is 14.3. The van der Waals surface area contributed by atoms with Crippen LogP contribution in [0.4, 0.5) is 0 Å². The largest absolute Gasteiger partial charge is 0.481 e. The average Bonchev–Trinajstić information content (AvgIpc) is 2.39. The number of carbonyl (C=O) groups is 2. The van der Waals surface area contributed by atoms with E-state index in [1.165, 1.54) is 19.3 Å². The van der Waals surface area contributed by atoms with Gasteiger partial charge in [-0.1, -0.05) is 19.3 Å². The van der Waals surface area contributed by atoms with Gasteiger partial charge in [0.05, 0.1) is 6.04 Å². The summed E-state index contributed by atoms with van der Waals surface area (Å²) in [6.07, 6.45) is 6.32. The first-order chi connectivity index (χ1) is 9.09. The van der Waals surface area contributed by atoms with E-state index >= 15 is 0 Å². The number of hydrogen-bond donors (Lipinski definition) is 2. The minimum atomic E-state index is -0.836. The Labute approximate surface area is 114 Å². The number of nitrogens with zero attached hydrogens (tertiary/aromatic N) is 1. The van der Waals surface area contributed by atoms with Crippen molar-refractivity contribution in [3.63, 3.8) is 0 Å². The number of carboxylic acid groups (broad SMARTS) is 1. The van der Waals surface area contributed by atoms with Gasteiger partial charge in [0, 0.05) is 25.0 Å². The molecule has 0 radical (unpaired) electrons. The third-order valence-corrected chi connectivity index (χ3v) is 4.30. The predicted molar refractivity (Wildman–Crippen MR) is 71.8 cm³/mol. The quantitative estimate of drug-likeness (QED) is 0.808. The Morgan fingerprint density at radius 3 is 2.68 bits per heavy atom. The summed E-state index contributed by atoms with van der Waals surface area (Å²) in [6.45, 7) is 2.85. The van der Waals surface area contributed by atoms with Crippen molar-refractivity contribution in [1.29, 1.82) is 0 Å². The van der Waals surface area contributed by atoms with E-state index in [1.807, 2.05) is 4.90 Å². The van der Waals surface area contributed by atoms with Crippen LogP contribution in [0.2, 0.25) is 0 Å². The Kier molecular flexibility index (Phi) is 4.80. The molecule has 0 spiro atoms. The molecule has 0 aromatic heterocycles. The van der Waals surface area contributed by atoms with Crippen LogP contribution in [0.25, 0.3) is 0 Å². The molecular formula is C14H24N2O3. The fourth-order valence-corrected chi connectivity index (χ4v) is 3.29. The summed E-state index contributed by atoms with van der Waals surface area (Å²) in [7, 11) is 0. The molecule has 19 heavy (non-hydrogen) atoms. The van der Waals surface area contributed by atoms with Crippen molar-refractivity contribution < 1.29 is 14.7 Å². The van der Waals surface area contributed by atoms with E-state index in [0.29, 0.717) is 12.5 Å². The Morgan fingerprint density at radius 2 is 2.05 bits per heavy atom. The monoisotopic (exact) mass is 268 g/mol. The molecule has 2 aliphatic rings. The van der Waals surface area contributed by atoms with Crippen LogP contribution < -0.4 is 5.32 Å². The van der Waals surface area contributed by atoms with Crippen LogP contribution >= 0.6 is 0 Å². The van der Waals surface area contributed by atoms with Crippen molar-refractivity contribution in [2.45, 2.75) is 70.0 Å². The minimum Gasteiger partial charge on any atom is -0.481 e. The maximum absolute atomic E-state index is 12.5. The summed E-state index contributed by atoms with van der Waals surface area (Å²) in [4.78, 5) is 25.2. The zero-order valence-corrected chi connectivity index (χ0v) is 11.6. The summed E-state index contributed by atoms with van der Waals surface area (Å²) in [5, 5.41) is 11.9. The predicted octanol–water partition coefficient (Wildman–Crippen LogP) is 1.37. The highest BCUT2D eigenvalue weighted by molar-refractivity contribution is 5.84. The zero-order chi connectivity index (χ0) is 13.8. The van der Waals surface area contributed by atoms with Crippen molar-refractivity contribution in [2.75, 3.05) is 6.54 Å². The third-order valence-electron chi connectivity index (χ3n) is 4.30. The molecule has 2 rings (SSSR count). The molecule has 2 fully saturated rings. The fourth-order valence-electron chi connectivity index (χ4n) is 3.29. The number of hydrogen-bond acceptors (Lipinski definition) is 3. The van der Waals surface area contributed by atoms with Crippen LogP contribution in [0.3, 0.4) is 0 Å². The lowest BCUT2D eigenvalue weighted by molar-refractivity contribution is -0.143. The first-order valence-electron chi connectivity index (χ1n) is 7.37. The number of rotatable bonds is 4. The van der Waals surface area contributed by atoms with Gasteiger partial charge in [0.2, 0.25) is 5.91 Å². The van der Waals surface area contributed by atoms with E-state index in [-0.39, 0.29) is 24.4 Å². The molecule has 5 nitrogen and oxygen atoms in total. The molecule has 1 saturated heterocycles. The van der Waals surface area contributed by atoms with Crippen molar-refractivity contribution in [2.24, 2.45) is 0 Å². The first-order valence-corrected chi connectivity index (χ1v) is 7.37. The van der Waals surface area contributed by atoms with Crippen LogP contribution in [0, 0.1) is 0 Å². The topological polar surface area (TPSA) is 69.6 Å². The number of aliphatic carboxylic acids is 1. The Morgan fingerprint density at radius 1 is 1.37 bits per heavy atom. The second kappa shape index (κ2) is 6.37. The highest BCUT2D eigenvalue weighted by Crippen LogP contribution is 2.26. The van der Waals surface area contributed by atoms with Crippen molar-refractivity contribution in [3.8, 4) is 0 Å². The van der Waals surface area contributed by atoms with Crippen molar-refractivity contribution >= 4 is 11.9 Å². The molecule has 2 N–H and O–H groups in total. The van der Waals surface area contributed by atoms with Gasteiger partial charge in [0.1, 0.15) is 0 Å². The highest BCUT2D eigenvalue weighted by Gasteiger charge is 2.37. The lowest BCUT2D eigenvalue weighted by atomic mass is 9.91. The summed E-state index contributed by atoms with van der Waals surface area (Å²) in [5.74, 6) is -0.732. The van der Waals surface area contributed by atoms with Gasteiger partial charge in [0.25, 0.3) is 0 Å². The maximum atomic E-state index is 12.5. The molecule has 1 amide bonds. The number of nitrogens with one attached hydrogen (secondary N) is 1. The normalized spacial score (nSPS) is 29.5. The van der Waals surface area contributed by atoms with Gasteiger partial charge in [-0.05, 0) is 26.2 Å². The second-order valence-corrected chi connectivity index (χ2v) is 5.78. The molecule has 1 aliphatic carbocycles. The molecule has 1 saturated carbocycles. The SMILES string of the molecule is CC1CNC(CCC(=O)O)C(=O)N1C1CCCCC1. The second-order valence-electron chi connectivity index (χ2n) is 5.78. The minimum absolute atomic E-state index is 0.0519. The Hall–Kier alpha value is -1.10. The smallest absolute Gasteiger partial charge is 0.303 e. The maximum Gasteiger partial charge on any atom is 0.303 e. The van der Waals surface area contributed by atoms with Gasteiger partial charge in [-0.25, -0.2) is 0 Å². The van der Waals surface area contributed by atoms with E-state index in [4.69, 9.17) is 5.11 Å². The average molecular weight is 268 g/mol. The van der Waals surface area contributed by atoms with Crippen LogP contribution in [0.1, 0.15) is 51.9 Å². The third kappa shape index (κ3) is 3.47. The van der Waals surface area contributed by atoms with Crippen LogP contribution in [-0.2, 0) is 9.59 Å². The zero-order valence-electron chi connectivity index (χ0n) is 11.6. The summed E-state index contributed by atoms with van der Waals surface area (Å²) < 4.78 is 0. The standard InChI is InChI=1S/C14H24N2O3/c1-10-9-15-12(7-8-13(17)18)14(19)16(10)11-5-3-2-4-6-11/h10-12,15H,2-9H2,1H3,(H,17,18). The van der Waals surface area contributed by atoms with E-state index in [9.17, 15) is 9.59 Å². The van der Waals surface area contributed by atoms with Gasteiger partial charge < -0.3 is 15.3 Å². The summed E-state index contributed by atoms with van der Waals surface area (Å²) in [6, 6.07) is 0.275. The van der Waals surface area contributed by atoms with Gasteiger partial charge >= 0.3 is 5.97 Å². The summed E-state index contributed by atoms with van der Waals surface area (Å²) >= 11 is 0. The van der Waals surface area contributed by atoms with Crippen LogP contribution in [0.15, 0.2) is 0 Å². The molecule has 2 unspecified atom stereocenters. The molecule has 108 valence electrons. The number of carboxylic acids is 1.